The lowest BCUT2D eigenvalue weighted by Crippen LogP contribution is -2.46. The Bertz CT molecular complexity index is 913. The van der Waals surface area contributed by atoms with Crippen LogP contribution in [0.15, 0.2) is 36.4 Å². The molecule has 30 heavy (non-hydrogen) atoms. The van der Waals surface area contributed by atoms with E-state index in [1.54, 1.807) is 4.90 Å². The molecule has 2 aliphatic rings. The zero-order valence-corrected chi connectivity index (χ0v) is 18.8. The molecule has 7 heteroatoms. The van der Waals surface area contributed by atoms with Crippen molar-refractivity contribution in [1.29, 1.82) is 0 Å². The summed E-state index contributed by atoms with van der Waals surface area (Å²) in [6.45, 7) is 6.25. The molecule has 4 rings (SSSR count). The van der Waals surface area contributed by atoms with Gasteiger partial charge in [0.05, 0.1) is 22.3 Å². The molecule has 160 valence electrons. The smallest absolute Gasteiger partial charge is 0.254 e. The van der Waals surface area contributed by atoms with Crippen LogP contribution in [0, 0.1) is 0 Å². The fourth-order valence-electron chi connectivity index (χ4n) is 4.08. The Morgan fingerprint density at radius 2 is 1.83 bits per heavy atom. The van der Waals surface area contributed by atoms with Crippen LogP contribution < -0.4 is 9.64 Å². The topological polar surface area (TPSA) is 36.0 Å². The fourth-order valence-corrected chi connectivity index (χ4v) is 4.50. The van der Waals surface area contributed by atoms with Crippen molar-refractivity contribution in [2.75, 3.05) is 57.8 Å². The van der Waals surface area contributed by atoms with Gasteiger partial charge >= 0.3 is 0 Å². The molecule has 0 aliphatic carbocycles. The molecule has 0 bridgehead atoms. The van der Waals surface area contributed by atoms with Gasteiger partial charge in [0, 0.05) is 51.9 Å². The first-order valence-electron chi connectivity index (χ1n) is 10.5. The lowest BCUT2D eigenvalue weighted by molar-refractivity contribution is 0.0780. The summed E-state index contributed by atoms with van der Waals surface area (Å²) < 4.78 is 5.93. The molecule has 1 amide bonds. The van der Waals surface area contributed by atoms with Gasteiger partial charge in [-0.15, -0.1) is 0 Å². The highest BCUT2D eigenvalue weighted by Gasteiger charge is 2.22. The zero-order chi connectivity index (χ0) is 21.1. The highest BCUT2D eigenvalue weighted by Crippen LogP contribution is 2.32. The Morgan fingerprint density at radius 1 is 1.03 bits per heavy atom. The molecule has 0 spiro atoms. The summed E-state index contributed by atoms with van der Waals surface area (Å²) >= 11 is 12.5. The van der Waals surface area contributed by atoms with Crippen molar-refractivity contribution in [2.24, 2.45) is 0 Å². The van der Waals surface area contributed by atoms with Crippen LogP contribution in [0.4, 0.5) is 5.69 Å². The van der Waals surface area contributed by atoms with Crippen LogP contribution in [0.2, 0.25) is 10.0 Å². The Morgan fingerprint density at radius 3 is 2.63 bits per heavy atom. The van der Waals surface area contributed by atoms with Crippen LogP contribution >= 0.6 is 23.2 Å². The number of benzene rings is 2. The first-order chi connectivity index (χ1) is 14.5. The van der Waals surface area contributed by atoms with Gasteiger partial charge in [-0.05, 0) is 42.7 Å². The maximum atomic E-state index is 12.3. The zero-order valence-electron chi connectivity index (χ0n) is 17.2. The van der Waals surface area contributed by atoms with Gasteiger partial charge in [-0.2, -0.15) is 0 Å². The molecule has 2 aromatic carbocycles. The molecular weight excluding hydrogens is 421 g/mol. The molecular formula is C23H27Cl2N3O2. The van der Waals surface area contributed by atoms with E-state index in [4.69, 9.17) is 27.9 Å². The number of rotatable bonds is 6. The van der Waals surface area contributed by atoms with Crippen LogP contribution in [0.5, 0.6) is 5.75 Å². The largest absolute Gasteiger partial charge is 0.494 e. The molecule has 2 aliphatic heterocycles. The SMILES string of the molecule is CN1CCc2ccc(OCCCN3CCN(c4cccc(Cl)c4Cl)CC3)cc2C1=O. The lowest BCUT2D eigenvalue weighted by atomic mass is 9.99. The molecule has 1 fully saturated rings. The summed E-state index contributed by atoms with van der Waals surface area (Å²) in [6.07, 6.45) is 1.85. The molecule has 0 N–H and O–H groups in total. The second-order valence-corrected chi connectivity index (χ2v) is 8.68. The molecule has 0 saturated carbocycles. The lowest BCUT2D eigenvalue weighted by Gasteiger charge is -2.36. The first kappa shape index (κ1) is 21.3. The Kier molecular flexibility index (Phi) is 6.71. The molecule has 2 aromatic rings. The van der Waals surface area contributed by atoms with E-state index in [0.717, 1.165) is 74.7 Å². The number of piperazine rings is 1. The van der Waals surface area contributed by atoms with Gasteiger partial charge in [-0.3, -0.25) is 9.69 Å². The number of likely N-dealkylation sites (N-methyl/N-ethyl adjacent to an activating group) is 1. The highest BCUT2D eigenvalue weighted by molar-refractivity contribution is 6.43. The van der Waals surface area contributed by atoms with Crippen molar-refractivity contribution < 1.29 is 9.53 Å². The average molecular weight is 448 g/mol. The van der Waals surface area contributed by atoms with Gasteiger partial charge < -0.3 is 14.5 Å². The van der Waals surface area contributed by atoms with Gasteiger partial charge in [0.2, 0.25) is 0 Å². The first-order valence-corrected chi connectivity index (χ1v) is 11.2. The van der Waals surface area contributed by atoms with Crippen molar-refractivity contribution in [2.45, 2.75) is 12.8 Å². The van der Waals surface area contributed by atoms with Crippen LogP contribution in [-0.4, -0.2) is 68.6 Å². The monoisotopic (exact) mass is 447 g/mol. The predicted molar refractivity (Wildman–Crippen MR) is 122 cm³/mol. The molecule has 5 nitrogen and oxygen atoms in total. The number of anilines is 1. The number of ether oxygens (including phenoxy) is 1. The van der Waals surface area contributed by atoms with Gasteiger partial charge in [-0.25, -0.2) is 0 Å². The highest BCUT2D eigenvalue weighted by atomic mass is 35.5. The maximum absolute atomic E-state index is 12.3. The normalized spacial score (nSPS) is 17.2. The van der Waals surface area contributed by atoms with Crippen LogP contribution in [-0.2, 0) is 6.42 Å². The summed E-state index contributed by atoms with van der Waals surface area (Å²) in [5.41, 5.74) is 2.90. The van der Waals surface area contributed by atoms with E-state index in [-0.39, 0.29) is 5.91 Å². The third kappa shape index (κ3) is 4.69. The molecule has 0 radical (unpaired) electrons. The van der Waals surface area contributed by atoms with Crippen molar-refractivity contribution in [1.82, 2.24) is 9.80 Å². The molecule has 1 saturated heterocycles. The van der Waals surface area contributed by atoms with Gasteiger partial charge in [0.1, 0.15) is 5.75 Å². The number of hydrogen-bond acceptors (Lipinski definition) is 4. The third-order valence-corrected chi connectivity index (χ3v) is 6.72. The summed E-state index contributed by atoms with van der Waals surface area (Å²) in [6, 6.07) is 11.7. The van der Waals surface area contributed by atoms with E-state index in [1.807, 2.05) is 43.4 Å². The number of nitrogens with zero attached hydrogens (tertiary/aromatic N) is 3. The van der Waals surface area contributed by atoms with Gasteiger partial charge in [0.15, 0.2) is 0 Å². The molecule has 2 heterocycles. The maximum Gasteiger partial charge on any atom is 0.254 e. The van der Waals surface area contributed by atoms with E-state index in [2.05, 4.69) is 9.80 Å². The third-order valence-electron chi connectivity index (χ3n) is 5.91. The quantitative estimate of drug-likeness (QED) is 0.621. The number of carbonyl (C=O) groups is 1. The van der Waals surface area contributed by atoms with Crippen molar-refractivity contribution >= 4 is 34.8 Å². The van der Waals surface area contributed by atoms with E-state index in [0.29, 0.717) is 16.7 Å². The minimum absolute atomic E-state index is 0.0828. The second-order valence-electron chi connectivity index (χ2n) is 7.90. The van der Waals surface area contributed by atoms with Gasteiger partial charge in [0.25, 0.3) is 5.91 Å². The number of carbonyl (C=O) groups excluding carboxylic acids is 1. The van der Waals surface area contributed by atoms with E-state index < -0.39 is 0 Å². The van der Waals surface area contributed by atoms with E-state index in [1.165, 1.54) is 0 Å². The Hall–Kier alpha value is -1.95. The molecule has 0 aromatic heterocycles. The number of halogens is 2. The Labute approximate surface area is 188 Å². The minimum atomic E-state index is 0.0828. The van der Waals surface area contributed by atoms with E-state index >= 15 is 0 Å². The predicted octanol–water partition coefficient (Wildman–Crippen LogP) is 4.21. The summed E-state index contributed by atoms with van der Waals surface area (Å²) in [5.74, 6) is 0.859. The van der Waals surface area contributed by atoms with Gasteiger partial charge in [-0.1, -0.05) is 35.3 Å². The minimum Gasteiger partial charge on any atom is -0.494 e. The number of amides is 1. The Balaban J connectivity index is 1.22. The standard InChI is InChI=1S/C23H27Cl2N3O2/c1-26-10-8-17-6-7-18(16-19(17)23(26)29)30-15-3-9-27-11-13-28(14-12-27)21-5-2-4-20(24)22(21)25/h2,4-7,16H,3,8-15H2,1H3. The van der Waals surface area contributed by atoms with E-state index in [9.17, 15) is 4.79 Å². The number of hydrogen-bond donors (Lipinski definition) is 0. The summed E-state index contributed by atoms with van der Waals surface area (Å²) in [4.78, 5) is 18.8. The summed E-state index contributed by atoms with van der Waals surface area (Å²) in [5, 5.41) is 1.24. The van der Waals surface area contributed by atoms with Crippen LogP contribution in [0.25, 0.3) is 0 Å². The van der Waals surface area contributed by atoms with Crippen molar-refractivity contribution in [3.63, 3.8) is 0 Å². The average Bonchev–Trinajstić information content (AvgIpc) is 2.76. The molecule has 0 atom stereocenters. The number of fused-ring (bicyclic) bond motifs is 1. The molecule has 0 unspecified atom stereocenters. The van der Waals surface area contributed by atoms with Crippen molar-refractivity contribution in [3.05, 3.63) is 57.6 Å². The summed E-state index contributed by atoms with van der Waals surface area (Å²) in [7, 11) is 1.85. The van der Waals surface area contributed by atoms with Crippen LogP contribution in [0.1, 0.15) is 22.3 Å². The van der Waals surface area contributed by atoms with Crippen molar-refractivity contribution in [3.8, 4) is 5.75 Å². The second kappa shape index (κ2) is 9.46. The van der Waals surface area contributed by atoms with Crippen LogP contribution in [0.3, 0.4) is 0 Å². The fraction of sp³-hybridized carbons (Fsp3) is 0.435.